The highest BCUT2D eigenvalue weighted by Gasteiger charge is 2.32. The Morgan fingerprint density at radius 3 is 2.76 bits per heavy atom. The highest BCUT2D eigenvalue weighted by atomic mass is 16.5. The van der Waals surface area contributed by atoms with Gasteiger partial charge in [0.1, 0.15) is 0 Å². The molecule has 2 atom stereocenters. The zero-order chi connectivity index (χ0) is 12.9. The van der Waals surface area contributed by atoms with E-state index in [0.717, 1.165) is 6.54 Å². The Bertz CT molecular complexity index is 251. The van der Waals surface area contributed by atoms with E-state index < -0.39 is 0 Å². The van der Waals surface area contributed by atoms with Gasteiger partial charge in [0.25, 0.3) is 0 Å². The van der Waals surface area contributed by atoms with Gasteiger partial charge >= 0.3 is 5.97 Å². The molecule has 0 spiro atoms. The minimum atomic E-state index is -0.0892. The molecule has 1 rings (SSSR count). The Kier molecular flexibility index (Phi) is 5.44. The fraction of sp³-hybridized carbons (Fsp3) is 0.929. The third-order valence-corrected chi connectivity index (χ3v) is 3.87. The molecule has 1 N–H and O–H groups in total. The van der Waals surface area contributed by atoms with E-state index in [0.29, 0.717) is 18.1 Å². The lowest BCUT2D eigenvalue weighted by Crippen LogP contribution is -2.46. The van der Waals surface area contributed by atoms with Crippen LogP contribution in [0.4, 0.5) is 0 Å². The minimum absolute atomic E-state index is 0.0484. The van der Waals surface area contributed by atoms with Gasteiger partial charge in [0.15, 0.2) is 0 Å². The molecule has 0 aliphatic heterocycles. The van der Waals surface area contributed by atoms with Gasteiger partial charge < -0.3 is 10.1 Å². The molecule has 0 heterocycles. The van der Waals surface area contributed by atoms with Crippen molar-refractivity contribution in [1.82, 2.24) is 5.32 Å². The Balaban J connectivity index is 2.36. The van der Waals surface area contributed by atoms with Crippen LogP contribution in [-0.2, 0) is 9.53 Å². The van der Waals surface area contributed by atoms with Gasteiger partial charge in [-0.2, -0.15) is 0 Å². The van der Waals surface area contributed by atoms with E-state index in [-0.39, 0.29) is 11.9 Å². The monoisotopic (exact) mass is 241 g/mol. The molecule has 3 heteroatoms. The average molecular weight is 241 g/mol. The molecule has 100 valence electrons. The van der Waals surface area contributed by atoms with Crippen molar-refractivity contribution in [3.05, 3.63) is 0 Å². The quantitative estimate of drug-likeness (QED) is 0.752. The van der Waals surface area contributed by atoms with E-state index in [9.17, 15) is 4.79 Å². The van der Waals surface area contributed by atoms with Crippen LogP contribution in [0.25, 0.3) is 0 Å². The number of carbonyl (C=O) groups is 1. The van der Waals surface area contributed by atoms with Crippen LogP contribution in [0.1, 0.15) is 53.4 Å². The summed E-state index contributed by atoms with van der Waals surface area (Å²) in [6, 6.07) is 0.535. The van der Waals surface area contributed by atoms with Gasteiger partial charge in [0.05, 0.1) is 12.5 Å². The Morgan fingerprint density at radius 1 is 1.47 bits per heavy atom. The van der Waals surface area contributed by atoms with Crippen LogP contribution in [0, 0.1) is 11.3 Å². The molecule has 1 fully saturated rings. The molecule has 0 aromatic rings. The van der Waals surface area contributed by atoms with E-state index in [4.69, 9.17) is 4.74 Å². The summed E-state index contributed by atoms with van der Waals surface area (Å²) in [7, 11) is 0. The SMILES string of the molecule is CCOC(=O)C(C)CNC1CCCCC1(C)C. The molecule has 3 nitrogen and oxygen atoms in total. The first-order valence-electron chi connectivity index (χ1n) is 6.87. The van der Waals surface area contributed by atoms with Crippen molar-refractivity contribution in [2.45, 2.75) is 59.4 Å². The maximum atomic E-state index is 11.5. The molecule has 0 radical (unpaired) electrons. The second-order valence-corrected chi connectivity index (χ2v) is 5.85. The first-order chi connectivity index (χ1) is 7.97. The predicted octanol–water partition coefficient (Wildman–Crippen LogP) is 2.74. The molecular formula is C14H27NO2. The van der Waals surface area contributed by atoms with Crippen LogP contribution in [0.3, 0.4) is 0 Å². The maximum Gasteiger partial charge on any atom is 0.309 e. The van der Waals surface area contributed by atoms with Gasteiger partial charge in [0.2, 0.25) is 0 Å². The molecule has 0 aromatic heterocycles. The van der Waals surface area contributed by atoms with Gasteiger partial charge in [-0.15, -0.1) is 0 Å². The molecule has 1 aliphatic carbocycles. The van der Waals surface area contributed by atoms with E-state index >= 15 is 0 Å². The zero-order valence-electron chi connectivity index (χ0n) is 11.7. The summed E-state index contributed by atoms with van der Waals surface area (Å²) in [6.45, 7) is 9.62. The van der Waals surface area contributed by atoms with E-state index in [1.54, 1.807) is 0 Å². The third-order valence-electron chi connectivity index (χ3n) is 3.87. The molecule has 2 unspecified atom stereocenters. The van der Waals surface area contributed by atoms with Gasteiger partial charge in [-0.3, -0.25) is 4.79 Å². The average Bonchev–Trinajstić information content (AvgIpc) is 2.27. The van der Waals surface area contributed by atoms with Crippen molar-refractivity contribution in [3.8, 4) is 0 Å². The van der Waals surface area contributed by atoms with Gasteiger partial charge in [-0.1, -0.05) is 33.6 Å². The molecule has 1 aliphatic rings. The molecular weight excluding hydrogens is 214 g/mol. The second-order valence-electron chi connectivity index (χ2n) is 5.85. The number of nitrogens with one attached hydrogen (secondary N) is 1. The summed E-state index contributed by atoms with van der Waals surface area (Å²) in [4.78, 5) is 11.5. The fourth-order valence-electron chi connectivity index (χ4n) is 2.56. The summed E-state index contributed by atoms with van der Waals surface area (Å²) in [6.07, 6.45) is 5.13. The lowest BCUT2D eigenvalue weighted by atomic mass is 9.73. The number of hydrogen-bond acceptors (Lipinski definition) is 3. The van der Waals surface area contributed by atoms with Crippen LogP contribution < -0.4 is 5.32 Å². The highest BCUT2D eigenvalue weighted by molar-refractivity contribution is 5.72. The molecule has 0 aromatic carbocycles. The summed E-state index contributed by atoms with van der Waals surface area (Å²) < 4.78 is 5.02. The van der Waals surface area contributed by atoms with Crippen molar-refractivity contribution in [2.24, 2.45) is 11.3 Å². The molecule has 1 saturated carbocycles. The van der Waals surface area contributed by atoms with Crippen molar-refractivity contribution in [1.29, 1.82) is 0 Å². The smallest absolute Gasteiger partial charge is 0.309 e. The number of ether oxygens (including phenoxy) is 1. The molecule has 0 bridgehead atoms. The van der Waals surface area contributed by atoms with Gasteiger partial charge in [-0.25, -0.2) is 0 Å². The number of esters is 1. The maximum absolute atomic E-state index is 11.5. The molecule has 0 amide bonds. The highest BCUT2D eigenvalue weighted by Crippen LogP contribution is 2.35. The van der Waals surface area contributed by atoms with Crippen molar-refractivity contribution < 1.29 is 9.53 Å². The Hall–Kier alpha value is -0.570. The molecule has 0 saturated heterocycles. The van der Waals surface area contributed by atoms with E-state index in [1.165, 1.54) is 25.7 Å². The van der Waals surface area contributed by atoms with Gasteiger partial charge in [-0.05, 0) is 25.2 Å². The Morgan fingerprint density at radius 2 is 2.18 bits per heavy atom. The van der Waals surface area contributed by atoms with E-state index in [1.807, 2.05) is 13.8 Å². The normalized spacial score (nSPS) is 25.3. The Labute approximate surface area is 105 Å². The fourth-order valence-corrected chi connectivity index (χ4v) is 2.56. The van der Waals surface area contributed by atoms with Gasteiger partial charge in [0, 0.05) is 12.6 Å². The largest absolute Gasteiger partial charge is 0.466 e. The van der Waals surface area contributed by atoms with Crippen LogP contribution in [0.5, 0.6) is 0 Å². The predicted molar refractivity (Wildman–Crippen MR) is 69.8 cm³/mol. The van der Waals surface area contributed by atoms with Crippen LogP contribution in [-0.4, -0.2) is 25.2 Å². The van der Waals surface area contributed by atoms with Crippen LogP contribution in [0.2, 0.25) is 0 Å². The van der Waals surface area contributed by atoms with Crippen molar-refractivity contribution in [2.75, 3.05) is 13.2 Å². The number of carbonyl (C=O) groups excluding carboxylic acids is 1. The number of rotatable bonds is 5. The van der Waals surface area contributed by atoms with Crippen LogP contribution in [0.15, 0.2) is 0 Å². The summed E-state index contributed by atoms with van der Waals surface area (Å²) in [5, 5.41) is 3.55. The van der Waals surface area contributed by atoms with Crippen molar-refractivity contribution >= 4 is 5.97 Å². The third kappa shape index (κ3) is 4.30. The second kappa shape index (κ2) is 6.39. The van der Waals surface area contributed by atoms with Crippen LogP contribution >= 0.6 is 0 Å². The first-order valence-corrected chi connectivity index (χ1v) is 6.87. The topological polar surface area (TPSA) is 38.3 Å². The summed E-state index contributed by atoms with van der Waals surface area (Å²) in [5.41, 5.74) is 0.354. The standard InChI is InChI=1S/C14H27NO2/c1-5-17-13(16)11(2)10-15-12-8-6-7-9-14(12,3)4/h11-12,15H,5-10H2,1-4H3. The summed E-state index contributed by atoms with van der Waals surface area (Å²) >= 11 is 0. The zero-order valence-corrected chi connectivity index (χ0v) is 11.7. The first kappa shape index (κ1) is 14.5. The lowest BCUT2D eigenvalue weighted by Gasteiger charge is -2.39. The molecule has 17 heavy (non-hydrogen) atoms. The van der Waals surface area contributed by atoms with Crippen molar-refractivity contribution in [3.63, 3.8) is 0 Å². The summed E-state index contributed by atoms with van der Waals surface area (Å²) in [5.74, 6) is -0.138. The minimum Gasteiger partial charge on any atom is -0.466 e. The lowest BCUT2D eigenvalue weighted by molar-refractivity contribution is -0.147. The number of hydrogen-bond donors (Lipinski definition) is 1. The van der Waals surface area contributed by atoms with E-state index in [2.05, 4.69) is 19.2 Å².